The summed E-state index contributed by atoms with van der Waals surface area (Å²) in [7, 11) is -1.54. The number of hydrogen-bond acceptors (Lipinski definition) is 4. The average Bonchev–Trinajstić information content (AvgIpc) is 2.94. The Morgan fingerprint density at radius 3 is 2.41 bits per heavy atom. The van der Waals surface area contributed by atoms with Crippen molar-refractivity contribution in [2.24, 2.45) is 0 Å². The lowest BCUT2D eigenvalue weighted by Crippen LogP contribution is -2.40. The normalized spacial score (nSPS) is 18.0. The van der Waals surface area contributed by atoms with Crippen LogP contribution in [0.4, 0.5) is 5.69 Å². The van der Waals surface area contributed by atoms with Crippen molar-refractivity contribution in [2.75, 3.05) is 31.2 Å². The molecule has 0 spiro atoms. The van der Waals surface area contributed by atoms with E-state index in [0.717, 1.165) is 5.56 Å². The first-order valence-corrected chi connectivity index (χ1v) is 11.7. The Labute approximate surface area is 188 Å². The lowest BCUT2D eigenvalue weighted by Gasteiger charge is -2.28. The van der Waals surface area contributed by atoms with Crippen LogP contribution in [-0.4, -0.2) is 47.2 Å². The van der Waals surface area contributed by atoms with E-state index in [9.17, 15) is 13.8 Å². The van der Waals surface area contributed by atoms with E-state index in [1.807, 2.05) is 30.3 Å². The fourth-order valence-electron chi connectivity index (χ4n) is 4.07. The smallest absolute Gasteiger partial charge is 0.259 e. The molecule has 0 unspecified atom stereocenters. The Morgan fingerprint density at radius 2 is 1.62 bits per heavy atom. The van der Waals surface area contributed by atoms with Gasteiger partial charge in [0.2, 0.25) is 0 Å². The van der Waals surface area contributed by atoms with Gasteiger partial charge in [0.25, 0.3) is 11.8 Å². The maximum absolute atomic E-state index is 13.6. The minimum absolute atomic E-state index is 0.115. The number of nitrogens with zero attached hydrogens (tertiary/aromatic N) is 2. The Kier molecular flexibility index (Phi) is 5.59. The molecule has 2 aliphatic heterocycles. The minimum atomic E-state index is -1.54. The molecule has 0 radical (unpaired) electrons. The Hall–Kier alpha value is -3.29. The molecule has 0 bridgehead atoms. The van der Waals surface area contributed by atoms with Crippen LogP contribution in [0.1, 0.15) is 26.3 Å². The van der Waals surface area contributed by atoms with Crippen molar-refractivity contribution in [3.8, 4) is 0 Å². The van der Waals surface area contributed by atoms with E-state index in [4.69, 9.17) is 4.74 Å². The molecule has 1 saturated heterocycles. The van der Waals surface area contributed by atoms with Crippen molar-refractivity contribution >= 4 is 28.3 Å². The maximum Gasteiger partial charge on any atom is 0.259 e. The number of amides is 2. The zero-order valence-electron chi connectivity index (χ0n) is 17.4. The van der Waals surface area contributed by atoms with Crippen molar-refractivity contribution in [3.05, 3.63) is 89.5 Å². The van der Waals surface area contributed by atoms with Gasteiger partial charge in [0.1, 0.15) is 0 Å². The number of anilines is 1. The van der Waals surface area contributed by atoms with E-state index < -0.39 is 10.8 Å². The molecule has 0 saturated carbocycles. The van der Waals surface area contributed by atoms with Gasteiger partial charge < -0.3 is 14.5 Å². The predicted molar refractivity (Wildman–Crippen MR) is 121 cm³/mol. The lowest BCUT2D eigenvalue weighted by atomic mass is 10.1. The van der Waals surface area contributed by atoms with Crippen LogP contribution in [0, 0.1) is 0 Å². The highest BCUT2D eigenvalue weighted by atomic mass is 32.2. The van der Waals surface area contributed by atoms with Gasteiger partial charge in [-0.05, 0) is 35.9 Å². The number of rotatable bonds is 3. The molecule has 2 aliphatic rings. The van der Waals surface area contributed by atoms with Crippen molar-refractivity contribution < 1.29 is 18.5 Å². The molecular weight excluding hydrogens is 424 g/mol. The van der Waals surface area contributed by atoms with Gasteiger partial charge in [-0.3, -0.25) is 9.59 Å². The SMILES string of the molecule is O=C(c1ccc2c(c1)N(Cc1ccccc1)C(=O)c1ccccc1[S@]2=O)N1CCOCC1. The van der Waals surface area contributed by atoms with E-state index in [-0.39, 0.29) is 11.8 Å². The second kappa shape index (κ2) is 8.68. The van der Waals surface area contributed by atoms with E-state index in [1.54, 1.807) is 52.3 Å². The van der Waals surface area contributed by atoms with Gasteiger partial charge in [-0.2, -0.15) is 0 Å². The Balaban J connectivity index is 1.62. The molecule has 5 rings (SSSR count). The molecule has 2 amide bonds. The summed E-state index contributed by atoms with van der Waals surface area (Å²) in [6, 6.07) is 21.8. The van der Waals surface area contributed by atoms with Gasteiger partial charge in [0.15, 0.2) is 0 Å². The van der Waals surface area contributed by atoms with Crippen LogP contribution in [0.5, 0.6) is 0 Å². The summed E-state index contributed by atoms with van der Waals surface area (Å²) in [5, 5.41) is 0. The highest BCUT2D eigenvalue weighted by Crippen LogP contribution is 2.36. The first-order valence-electron chi connectivity index (χ1n) is 10.5. The van der Waals surface area contributed by atoms with Gasteiger partial charge in [-0.1, -0.05) is 42.5 Å². The molecule has 0 aromatic heterocycles. The molecule has 0 aliphatic carbocycles. The molecular formula is C25H22N2O4S. The second-order valence-corrected chi connectivity index (χ2v) is 9.15. The van der Waals surface area contributed by atoms with E-state index in [1.165, 1.54) is 0 Å². The average molecular weight is 447 g/mol. The Morgan fingerprint density at radius 1 is 0.906 bits per heavy atom. The number of morpholine rings is 1. The van der Waals surface area contributed by atoms with Crippen LogP contribution >= 0.6 is 0 Å². The van der Waals surface area contributed by atoms with E-state index in [2.05, 4.69) is 0 Å². The van der Waals surface area contributed by atoms with Crippen LogP contribution < -0.4 is 4.90 Å². The minimum Gasteiger partial charge on any atom is -0.378 e. The topological polar surface area (TPSA) is 66.9 Å². The fourth-order valence-corrected chi connectivity index (χ4v) is 5.41. The van der Waals surface area contributed by atoms with Crippen molar-refractivity contribution in [2.45, 2.75) is 16.3 Å². The fraction of sp³-hybridized carbons (Fsp3) is 0.200. The third kappa shape index (κ3) is 3.74. The third-order valence-electron chi connectivity index (χ3n) is 5.74. The van der Waals surface area contributed by atoms with Gasteiger partial charge in [0.05, 0.1) is 51.6 Å². The molecule has 3 aromatic rings. The van der Waals surface area contributed by atoms with E-state index in [0.29, 0.717) is 59.5 Å². The number of carbonyl (C=O) groups is 2. The first kappa shape index (κ1) is 20.6. The zero-order chi connectivity index (χ0) is 22.1. The highest BCUT2D eigenvalue weighted by molar-refractivity contribution is 7.85. The number of fused-ring (bicyclic) bond motifs is 2. The van der Waals surface area contributed by atoms with Crippen LogP contribution in [0.3, 0.4) is 0 Å². The first-order chi connectivity index (χ1) is 15.6. The standard InChI is InChI=1S/C25H22N2O4S/c28-24(26-12-14-31-15-13-26)19-10-11-23-21(16-19)27(17-18-6-2-1-3-7-18)25(29)20-8-4-5-9-22(20)32(23)30/h1-11,16H,12-15,17H2/t32-/m1/s1. The number of ether oxygens (including phenoxy) is 1. The van der Waals surface area contributed by atoms with Gasteiger partial charge >= 0.3 is 0 Å². The van der Waals surface area contributed by atoms with Gasteiger partial charge in [-0.15, -0.1) is 0 Å². The summed E-state index contributed by atoms with van der Waals surface area (Å²) in [4.78, 5) is 31.1. The van der Waals surface area contributed by atoms with Crippen LogP contribution in [0.2, 0.25) is 0 Å². The highest BCUT2D eigenvalue weighted by Gasteiger charge is 2.32. The number of benzene rings is 3. The molecule has 1 fully saturated rings. The molecule has 1 atom stereocenters. The lowest BCUT2D eigenvalue weighted by molar-refractivity contribution is 0.0303. The summed E-state index contributed by atoms with van der Waals surface area (Å²) in [6.45, 7) is 2.39. The molecule has 3 aromatic carbocycles. The van der Waals surface area contributed by atoms with Crippen LogP contribution in [0.25, 0.3) is 0 Å². The number of carbonyl (C=O) groups excluding carboxylic acids is 2. The largest absolute Gasteiger partial charge is 0.378 e. The summed E-state index contributed by atoms with van der Waals surface area (Å²) < 4.78 is 18.8. The molecule has 2 heterocycles. The monoisotopic (exact) mass is 446 g/mol. The molecule has 162 valence electrons. The molecule has 0 N–H and O–H groups in total. The summed E-state index contributed by atoms with van der Waals surface area (Å²) in [6.07, 6.45) is 0. The number of hydrogen-bond donors (Lipinski definition) is 0. The van der Waals surface area contributed by atoms with Crippen molar-refractivity contribution in [1.82, 2.24) is 4.90 Å². The summed E-state index contributed by atoms with van der Waals surface area (Å²) >= 11 is 0. The molecule has 6 nitrogen and oxygen atoms in total. The molecule has 7 heteroatoms. The maximum atomic E-state index is 13.6. The summed E-state index contributed by atoms with van der Waals surface area (Å²) in [5.41, 5.74) is 2.34. The van der Waals surface area contributed by atoms with Crippen molar-refractivity contribution in [1.29, 1.82) is 0 Å². The zero-order valence-corrected chi connectivity index (χ0v) is 18.2. The van der Waals surface area contributed by atoms with Crippen LogP contribution in [0.15, 0.2) is 82.6 Å². The van der Waals surface area contributed by atoms with Crippen molar-refractivity contribution in [3.63, 3.8) is 0 Å². The third-order valence-corrected chi connectivity index (χ3v) is 7.24. The van der Waals surface area contributed by atoms with Gasteiger partial charge in [-0.25, -0.2) is 4.21 Å². The van der Waals surface area contributed by atoms with Gasteiger partial charge in [0, 0.05) is 18.7 Å². The van der Waals surface area contributed by atoms with E-state index >= 15 is 0 Å². The second-order valence-electron chi connectivity index (χ2n) is 7.73. The summed E-state index contributed by atoms with van der Waals surface area (Å²) in [5.74, 6) is -0.344. The Bertz CT molecular complexity index is 1210. The quantitative estimate of drug-likeness (QED) is 0.618. The van der Waals surface area contributed by atoms with Crippen LogP contribution in [-0.2, 0) is 22.1 Å². The molecule has 32 heavy (non-hydrogen) atoms. The predicted octanol–water partition coefficient (Wildman–Crippen LogP) is 3.49.